The van der Waals surface area contributed by atoms with Crippen LogP contribution in [-0.4, -0.2) is 9.13 Å². The van der Waals surface area contributed by atoms with Crippen molar-refractivity contribution in [2.24, 2.45) is 0 Å². The predicted octanol–water partition coefficient (Wildman–Crippen LogP) is 10.7. The zero-order valence-corrected chi connectivity index (χ0v) is 27.6. The number of fused-ring (bicyclic) bond motifs is 7. The van der Waals surface area contributed by atoms with Crippen molar-refractivity contribution in [3.05, 3.63) is 180 Å². The van der Waals surface area contributed by atoms with E-state index in [9.17, 15) is 0 Å². The molecule has 0 unspecified atom stereocenters. The predicted molar refractivity (Wildman–Crippen MR) is 211 cm³/mol. The zero-order chi connectivity index (χ0) is 32.9. The SMILES string of the molecule is C=C1/C=C(C)/C=C\C=C\C=C\Cc2cc(-c3cccc4c3c3c(n4-c4ccccc4)=CC=CCC=3)cc3c4cc5ccccc5cc4n1c23. The highest BCUT2D eigenvalue weighted by atomic mass is 15.0. The fraction of sp³-hybridized carbons (Fsp3) is 0.0638. The molecule has 2 heteroatoms. The van der Waals surface area contributed by atoms with E-state index in [0.717, 1.165) is 24.1 Å². The molecule has 0 saturated heterocycles. The lowest BCUT2D eigenvalue weighted by molar-refractivity contribution is 1.07. The van der Waals surface area contributed by atoms with Crippen molar-refractivity contribution in [2.75, 3.05) is 0 Å². The van der Waals surface area contributed by atoms with Gasteiger partial charge in [-0.05, 0) is 107 Å². The average Bonchev–Trinajstić information content (AvgIpc) is 3.50. The van der Waals surface area contributed by atoms with Gasteiger partial charge >= 0.3 is 0 Å². The average molecular weight is 629 g/mol. The normalized spacial score (nSPS) is 17.7. The first-order chi connectivity index (χ1) is 24.2. The molecule has 0 spiro atoms. The van der Waals surface area contributed by atoms with Gasteiger partial charge in [-0.1, -0.05) is 116 Å². The molecule has 0 fully saturated rings. The topological polar surface area (TPSA) is 9.86 Å². The Labute approximate surface area is 286 Å². The summed E-state index contributed by atoms with van der Waals surface area (Å²) in [6, 6.07) is 35.8. The molecule has 0 amide bonds. The molecule has 1 aliphatic carbocycles. The van der Waals surface area contributed by atoms with Gasteiger partial charge in [0.2, 0.25) is 0 Å². The van der Waals surface area contributed by atoms with Crippen molar-refractivity contribution in [1.82, 2.24) is 9.13 Å². The second-order valence-electron chi connectivity index (χ2n) is 13.0. The molecule has 0 radical (unpaired) electrons. The van der Waals surface area contributed by atoms with Crippen LogP contribution in [0, 0.1) is 0 Å². The number of hydrogen-bond acceptors (Lipinski definition) is 0. The number of allylic oxidation sites excluding steroid dienone is 11. The van der Waals surface area contributed by atoms with Gasteiger partial charge < -0.3 is 9.13 Å². The molecule has 0 N–H and O–H groups in total. The van der Waals surface area contributed by atoms with E-state index in [1.807, 2.05) is 0 Å². The van der Waals surface area contributed by atoms with Crippen LogP contribution >= 0.6 is 0 Å². The maximum Gasteiger partial charge on any atom is 0.0576 e. The fourth-order valence-electron chi connectivity index (χ4n) is 7.79. The summed E-state index contributed by atoms with van der Waals surface area (Å²) in [6.07, 6.45) is 25.9. The lowest BCUT2D eigenvalue weighted by atomic mass is 9.94. The molecule has 7 aromatic rings. The minimum Gasteiger partial charge on any atom is -0.310 e. The molecule has 0 atom stereocenters. The van der Waals surface area contributed by atoms with Gasteiger partial charge in [0.1, 0.15) is 0 Å². The van der Waals surface area contributed by atoms with Crippen molar-refractivity contribution in [3.63, 3.8) is 0 Å². The second-order valence-corrected chi connectivity index (χ2v) is 13.0. The molecule has 49 heavy (non-hydrogen) atoms. The third-order valence-corrected chi connectivity index (χ3v) is 9.90. The van der Waals surface area contributed by atoms with E-state index in [2.05, 4.69) is 187 Å². The number of hydrogen-bond donors (Lipinski definition) is 0. The highest BCUT2D eigenvalue weighted by Gasteiger charge is 2.20. The van der Waals surface area contributed by atoms with Gasteiger partial charge in [-0.3, -0.25) is 0 Å². The zero-order valence-electron chi connectivity index (χ0n) is 27.6. The van der Waals surface area contributed by atoms with E-state index in [0.29, 0.717) is 0 Å². The summed E-state index contributed by atoms with van der Waals surface area (Å²) in [4.78, 5) is 0. The number of para-hydroxylation sites is 1. The molecule has 2 aromatic heterocycles. The molecule has 0 bridgehead atoms. The molecular formula is C47H36N2. The van der Waals surface area contributed by atoms with E-state index in [4.69, 9.17) is 0 Å². The molecule has 1 aliphatic heterocycles. The Morgan fingerprint density at radius 3 is 2.37 bits per heavy atom. The second kappa shape index (κ2) is 11.8. The summed E-state index contributed by atoms with van der Waals surface area (Å²) in [6.45, 7) is 6.79. The van der Waals surface area contributed by atoms with Gasteiger partial charge in [0.15, 0.2) is 0 Å². The van der Waals surface area contributed by atoms with E-state index in [1.165, 1.54) is 76.4 Å². The van der Waals surface area contributed by atoms with Crippen LogP contribution in [0.3, 0.4) is 0 Å². The van der Waals surface area contributed by atoms with Gasteiger partial charge in [-0.25, -0.2) is 0 Å². The van der Waals surface area contributed by atoms with Crippen LogP contribution in [0.5, 0.6) is 0 Å². The number of benzene rings is 5. The lowest BCUT2D eigenvalue weighted by Crippen LogP contribution is -2.27. The highest BCUT2D eigenvalue weighted by molar-refractivity contribution is 6.16. The monoisotopic (exact) mass is 628 g/mol. The van der Waals surface area contributed by atoms with Crippen LogP contribution < -0.4 is 10.6 Å². The quantitative estimate of drug-likeness (QED) is 0.180. The van der Waals surface area contributed by atoms with Crippen molar-refractivity contribution in [2.45, 2.75) is 19.8 Å². The molecule has 9 rings (SSSR count). The van der Waals surface area contributed by atoms with E-state index < -0.39 is 0 Å². The number of aromatic nitrogens is 2. The van der Waals surface area contributed by atoms with Crippen molar-refractivity contribution in [1.29, 1.82) is 0 Å². The summed E-state index contributed by atoms with van der Waals surface area (Å²) in [5.41, 5.74) is 10.7. The van der Waals surface area contributed by atoms with E-state index in [1.54, 1.807) is 0 Å². The van der Waals surface area contributed by atoms with Crippen LogP contribution in [0.4, 0.5) is 0 Å². The number of nitrogens with zero attached hydrogens (tertiary/aromatic N) is 2. The first kappa shape index (κ1) is 29.1. The lowest BCUT2D eigenvalue weighted by Gasteiger charge is -2.14. The third-order valence-electron chi connectivity index (χ3n) is 9.90. The summed E-state index contributed by atoms with van der Waals surface area (Å²) in [7, 11) is 0. The minimum absolute atomic E-state index is 0.799. The molecular weight excluding hydrogens is 593 g/mol. The van der Waals surface area contributed by atoms with Gasteiger partial charge in [0, 0.05) is 32.8 Å². The van der Waals surface area contributed by atoms with Crippen molar-refractivity contribution < 1.29 is 0 Å². The Morgan fingerprint density at radius 2 is 1.49 bits per heavy atom. The maximum absolute atomic E-state index is 4.65. The van der Waals surface area contributed by atoms with Gasteiger partial charge in [0.05, 0.1) is 21.9 Å². The summed E-state index contributed by atoms with van der Waals surface area (Å²) in [5.74, 6) is 0. The minimum atomic E-state index is 0.799. The van der Waals surface area contributed by atoms with Crippen LogP contribution in [0.25, 0.3) is 78.1 Å². The highest BCUT2D eigenvalue weighted by Crippen LogP contribution is 2.40. The van der Waals surface area contributed by atoms with Crippen LogP contribution in [0.2, 0.25) is 0 Å². The Kier molecular flexibility index (Phi) is 7.02. The van der Waals surface area contributed by atoms with Crippen LogP contribution in [0.15, 0.2) is 164 Å². The smallest absolute Gasteiger partial charge is 0.0576 e. The standard InChI is InChI=1S/C47H36N2/c1-32-17-8-4-3-5-9-20-36-28-37(30-42-41-29-34-18-14-15-19-35(34)31-45(41)48(47(36)42)33(2)27-32)39-24-16-26-44-46(39)40-23-12-7-13-25-43(40)49(44)38-21-10-6-11-22-38/h3-11,13-19,21-31H,2,12,20H2,1H3/b4-3+,9-5+,17-8-,32-27+. The number of rotatable bonds is 2. The van der Waals surface area contributed by atoms with Crippen molar-refractivity contribution >= 4 is 61.3 Å². The summed E-state index contributed by atoms with van der Waals surface area (Å²) in [5, 5.41) is 8.76. The van der Waals surface area contributed by atoms with E-state index >= 15 is 0 Å². The molecule has 2 aliphatic rings. The van der Waals surface area contributed by atoms with Gasteiger partial charge in [-0.2, -0.15) is 0 Å². The molecule has 0 saturated carbocycles. The Morgan fingerprint density at radius 1 is 0.673 bits per heavy atom. The fourth-order valence-corrected chi connectivity index (χ4v) is 7.79. The third kappa shape index (κ3) is 4.88. The largest absolute Gasteiger partial charge is 0.310 e. The summed E-state index contributed by atoms with van der Waals surface area (Å²) < 4.78 is 4.81. The first-order valence-corrected chi connectivity index (χ1v) is 17.1. The van der Waals surface area contributed by atoms with Gasteiger partial charge in [0.25, 0.3) is 0 Å². The first-order valence-electron chi connectivity index (χ1n) is 17.1. The molecule has 3 heterocycles. The Hall–Kier alpha value is -6.12. The Balaban J connectivity index is 1.41. The van der Waals surface area contributed by atoms with Crippen LogP contribution in [0.1, 0.15) is 18.9 Å². The molecule has 5 aromatic carbocycles. The van der Waals surface area contributed by atoms with Crippen molar-refractivity contribution in [3.8, 4) is 16.8 Å². The maximum atomic E-state index is 4.65. The molecule has 234 valence electrons. The summed E-state index contributed by atoms with van der Waals surface area (Å²) >= 11 is 0. The molecule has 2 nitrogen and oxygen atoms in total. The van der Waals surface area contributed by atoms with E-state index in [-0.39, 0.29) is 0 Å². The van der Waals surface area contributed by atoms with Gasteiger partial charge in [-0.15, -0.1) is 0 Å². The van der Waals surface area contributed by atoms with Crippen LogP contribution in [-0.2, 0) is 6.42 Å². The Bertz CT molecular complexity index is 2770.